The highest BCUT2D eigenvalue weighted by Crippen LogP contribution is 2.20. The van der Waals surface area contributed by atoms with Gasteiger partial charge in [-0.1, -0.05) is 42.5 Å². The van der Waals surface area contributed by atoms with Gasteiger partial charge in [-0.15, -0.1) is 0 Å². The first-order valence-electron chi connectivity index (χ1n) is 7.65. The molecular weight excluding hydrogens is 290 g/mol. The van der Waals surface area contributed by atoms with Crippen molar-refractivity contribution in [3.63, 3.8) is 0 Å². The molecule has 0 spiro atoms. The molecule has 3 rings (SSSR count). The molecule has 0 saturated heterocycles. The highest BCUT2D eigenvalue weighted by atomic mass is 16.5. The van der Waals surface area contributed by atoms with Crippen LogP contribution in [0.5, 0.6) is 0 Å². The quantitative estimate of drug-likeness (QED) is 0.891. The Bertz CT molecular complexity index is 699. The number of pyridine rings is 1. The summed E-state index contributed by atoms with van der Waals surface area (Å²) in [6.45, 7) is 1.64. The lowest BCUT2D eigenvalue weighted by atomic mass is 10.1. The molecule has 2 heterocycles. The standard InChI is InChI=1S/C18H19N3O2/c22-18(23-13-14-5-2-1-3-6-14)20-9-4-7-15-11-16-8-10-19-17(16)21-12-15/h1-7,11-12H,8-10,13H2,(H,19,21)(H,20,22). The van der Waals surface area contributed by atoms with Crippen molar-refractivity contribution in [1.82, 2.24) is 10.3 Å². The fraction of sp³-hybridized carbons (Fsp3) is 0.222. The molecule has 2 aromatic rings. The number of nitrogens with one attached hydrogen (secondary N) is 2. The van der Waals surface area contributed by atoms with Gasteiger partial charge < -0.3 is 15.4 Å². The van der Waals surface area contributed by atoms with E-state index < -0.39 is 6.09 Å². The number of hydrogen-bond donors (Lipinski definition) is 2. The van der Waals surface area contributed by atoms with Crippen molar-refractivity contribution in [2.75, 3.05) is 18.4 Å². The molecule has 0 saturated carbocycles. The van der Waals surface area contributed by atoms with Crippen LogP contribution in [0.25, 0.3) is 6.08 Å². The van der Waals surface area contributed by atoms with Crippen LogP contribution in [0.3, 0.4) is 0 Å². The second-order valence-corrected chi connectivity index (χ2v) is 5.30. The highest BCUT2D eigenvalue weighted by molar-refractivity contribution is 5.67. The second-order valence-electron chi connectivity index (χ2n) is 5.30. The van der Waals surface area contributed by atoms with Crippen molar-refractivity contribution in [3.05, 3.63) is 65.4 Å². The molecule has 0 radical (unpaired) electrons. The summed E-state index contributed by atoms with van der Waals surface area (Å²) in [4.78, 5) is 16.0. The predicted molar refractivity (Wildman–Crippen MR) is 90.1 cm³/mol. The number of alkyl carbamates (subject to hydrolysis) is 1. The number of carbonyl (C=O) groups is 1. The average Bonchev–Trinajstić information content (AvgIpc) is 3.05. The number of ether oxygens (including phenoxy) is 1. The molecule has 5 nitrogen and oxygen atoms in total. The molecule has 23 heavy (non-hydrogen) atoms. The topological polar surface area (TPSA) is 63.2 Å². The minimum absolute atomic E-state index is 0.276. The summed E-state index contributed by atoms with van der Waals surface area (Å²) in [6.07, 6.45) is 6.24. The van der Waals surface area contributed by atoms with Crippen molar-refractivity contribution in [3.8, 4) is 0 Å². The SMILES string of the molecule is O=C(NCC=Cc1cnc2c(c1)CCN2)OCc1ccccc1. The van der Waals surface area contributed by atoms with Crippen molar-refractivity contribution in [1.29, 1.82) is 0 Å². The van der Waals surface area contributed by atoms with Crippen LogP contribution in [0.2, 0.25) is 0 Å². The summed E-state index contributed by atoms with van der Waals surface area (Å²) >= 11 is 0. The minimum atomic E-state index is -0.421. The molecule has 1 aromatic heterocycles. The van der Waals surface area contributed by atoms with Crippen LogP contribution in [-0.4, -0.2) is 24.2 Å². The van der Waals surface area contributed by atoms with E-state index in [1.807, 2.05) is 48.7 Å². The maximum Gasteiger partial charge on any atom is 0.407 e. The molecule has 1 aliphatic heterocycles. The number of anilines is 1. The van der Waals surface area contributed by atoms with Gasteiger partial charge in [0.05, 0.1) is 0 Å². The van der Waals surface area contributed by atoms with E-state index in [0.717, 1.165) is 29.9 Å². The number of aromatic nitrogens is 1. The lowest BCUT2D eigenvalue weighted by Crippen LogP contribution is -2.24. The van der Waals surface area contributed by atoms with E-state index in [-0.39, 0.29) is 6.61 Å². The Kier molecular flexibility index (Phi) is 4.88. The van der Waals surface area contributed by atoms with E-state index in [0.29, 0.717) is 6.54 Å². The van der Waals surface area contributed by atoms with Crippen molar-refractivity contribution < 1.29 is 9.53 Å². The van der Waals surface area contributed by atoms with Crippen molar-refractivity contribution in [2.24, 2.45) is 0 Å². The zero-order chi connectivity index (χ0) is 15.9. The number of benzene rings is 1. The van der Waals surface area contributed by atoms with E-state index in [9.17, 15) is 4.79 Å². The van der Waals surface area contributed by atoms with Gasteiger partial charge in [0.2, 0.25) is 0 Å². The van der Waals surface area contributed by atoms with E-state index in [1.54, 1.807) is 0 Å². The monoisotopic (exact) mass is 309 g/mol. The molecule has 0 atom stereocenters. The third kappa shape index (κ3) is 4.32. The molecule has 1 amide bonds. The van der Waals surface area contributed by atoms with Crippen LogP contribution in [0.4, 0.5) is 10.6 Å². The molecule has 0 bridgehead atoms. The first-order chi connectivity index (χ1) is 11.3. The Morgan fingerprint density at radius 3 is 3.09 bits per heavy atom. The number of rotatable bonds is 5. The summed E-state index contributed by atoms with van der Waals surface area (Å²) < 4.78 is 5.14. The molecule has 1 aromatic carbocycles. The Morgan fingerprint density at radius 1 is 1.35 bits per heavy atom. The summed E-state index contributed by atoms with van der Waals surface area (Å²) in [5.41, 5.74) is 3.24. The van der Waals surface area contributed by atoms with E-state index in [1.165, 1.54) is 5.56 Å². The van der Waals surface area contributed by atoms with E-state index in [2.05, 4.69) is 21.7 Å². The van der Waals surface area contributed by atoms with Gasteiger partial charge in [0.25, 0.3) is 0 Å². The first-order valence-corrected chi connectivity index (χ1v) is 7.65. The third-order valence-corrected chi connectivity index (χ3v) is 3.56. The number of fused-ring (bicyclic) bond motifs is 1. The van der Waals surface area contributed by atoms with Gasteiger partial charge in [0.15, 0.2) is 0 Å². The van der Waals surface area contributed by atoms with Gasteiger partial charge in [0, 0.05) is 19.3 Å². The summed E-state index contributed by atoms with van der Waals surface area (Å²) in [5, 5.41) is 5.92. The van der Waals surface area contributed by atoms with Gasteiger partial charge >= 0.3 is 6.09 Å². The summed E-state index contributed by atoms with van der Waals surface area (Å²) in [6, 6.07) is 11.7. The molecule has 0 fully saturated rings. The maximum absolute atomic E-state index is 11.6. The zero-order valence-corrected chi connectivity index (χ0v) is 12.8. The lowest BCUT2D eigenvalue weighted by molar-refractivity contribution is 0.141. The highest BCUT2D eigenvalue weighted by Gasteiger charge is 2.10. The Balaban J connectivity index is 1.41. The molecule has 1 aliphatic rings. The van der Waals surface area contributed by atoms with Crippen LogP contribution in [0, 0.1) is 0 Å². The van der Waals surface area contributed by atoms with Gasteiger partial charge in [-0.3, -0.25) is 0 Å². The first kappa shape index (κ1) is 15.1. The fourth-order valence-corrected chi connectivity index (χ4v) is 2.40. The van der Waals surface area contributed by atoms with E-state index in [4.69, 9.17) is 4.74 Å². The van der Waals surface area contributed by atoms with E-state index >= 15 is 0 Å². The largest absolute Gasteiger partial charge is 0.445 e. The number of amides is 1. The van der Waals surface area contributed by atoms with Gasteiger partial charge in [-0.05, 0) is 29.2 Å². The van der Waals surface area contributed by atoms with Gasteiger partial charge in [-0.2, -0.15) is 0 Å². The Morgan fingerprint density at radius 2 is 2.22 bits per heavy atom. The normalized spacial score (nSPS) is 12.7. The third-order valence-electron chi connectivity index (χ3n) is 3.56. The maximum atomic E-state index is 11.6. The fourth-order valence-electron chi connectivity index (χ4n) is 2.40. The lowest BCUT2D eigenvalue weighted by Gasteiger charge is -2.05. The second kappa shape index (κ2) is 7.45. The predicted octanol–water partition coefficient (Wildman–Crippen LogP) is 2.99. The zero-order valence-electron chi connectivity index (χ0n) is 12.8. The number of nitrogens with zero attached hydrogens (tertiary/aromatic N) is 1. The minimum Gasteiger partial charge on any atom is -0.445 e. The molecule has 5 heteroatoms. The van der Waals surface area contributed by atoms with Crippen LogP contribution < -0.4 is 10.6 Å². The molecule has 0 aliphatic carbocycles. The number of hydrogen-bond acceptors (Lipinski definition) is 4. The average molecular weight is 309 g/mol. The van der Waals surface area contributed by atoms with Crippen molar-refractivity contribution >= 4 is 18.0 Å². The van der Waals surface area contributed by atoms with Crippen LogP contribution in [0.1, 0.15) is 16.7 Å². The Labute approximate surface area is 135 Å². The smallest absolute Gasteiger partial charge is 0.407 e. The molecule has 2 N–H and O–H groups in total. The van der Waals surface area contributed by atoms with Crippen molar-refractivity contribution in [2.45, 2.75) is 13.0 Å². The van der Waals surface area contributed by atoms with Gasteiger partial charge in [0.1, 0.15) is 12.4 Å². The summed E-state index contributed by atoms with van der Waals surface area (Å²) in [7, 11) is 0. The molecule has 0 unspecified atom stereocenters. The number of carbonyl (C=O) groups excluding carboxylic acids is 1. The Hall–Kier alpha value is -2.82. The van der Waals surface area contributed by atoms with Gasteiger partial charge in [-0.25, -0.2) is 9.78 Å². The summed E-state index contributed by atoms with van der Waals surface area (Å²) in [5.74, 6) is 0.977. The van der Waals surface area contributed by atoms with Crippen LogP contribution in [-0.2, 0) is 17.8 Å². The van der Waals surface area contributed by atoms with Crippen LogP contribution in [0.15, 0.2) is 48.7 Å². The molecular formula is C18H19N3O2. The van der Waals surface area contributed by atoms with Crippen LogP contribution >= 0.6 is 0 Å². The molecule has 118 valence electrons.